The summed E-state index contributed by atoms with van der Waals surface area (Å²) in [6, 6.07) is 3.45. The first-order valence-electron chi connectivity index (χ1n) is 5.40. The van der Waals surface area contributed by atoms with Crippen molar-refractivity contribution in [2.24, 2.45) is 0 Å². The number of aromatic carboxylic acids is 1. The van der Waals surface area contributed by atoms with E-state index >= 15 is 0 Å². The van der Waals surface area contributed by atoms with E-state index in [9.17, 15) is 4.79 Å². The summed E-state index contributed by atoms with van der Waals surface area (Å²) in [6.45, 7) is 0.658. The van der Waals surface area contributed by atoms with Crippen LogP contribution in [0, 0.1) is 0 Å². The Morgan fingerprint density at radius 3 is 2.84 bits per heavy atom. The highest BCUT2D eigenvalue weighted by molar-refractivity contribution is 9.11. The average Bonchev–Trinajstić information content (AvgIpc) is 2.74. The number of hydrogen-bond acceptors (Lipinski definition) is 5. The molecule has 0 spiro atoms. The molecule has 0 saturated heterocycles. The molecule has 0 radical (unpaired) electrons. The zero-order chi connectivity index (χ0) is 14.0. The van der Waals surface area contributed by atoms with Gasteiger partial charge in [0, 0.05) is 19.8 Å². The smallest absolute Gasteiger partial charge is 0.337 e. The summed E-state index contributed by atoms with van der Waals surface area (Å²) in [7, 11) is 1.87. The minimum absolute atomic E-state index is 0.0907. The van der Waals surface area contributed by atoms with E-state index in [1.807, 2.05) is 23.4 Å². The van der Waals surface area contributed by atoms with E-state index in [0.29, 0.717) is 18.1 Å². The van der Waals surface area contributed by atoms with Crippen LogP contribution in [0.1, 0.15) is 15.9 Å². The van der Waals surface area contributed by atoms with Crippen molar-refractivity contribution in [1.29, 1.82) is 0 Å². The van der Waals surface area contributed by atoms with E-state index < -0.39 is 5.97 Å². The molecule has 0 aromatic carbocycles. The van der Waals surface area contributed by atoms with Gasteiger partial charge >= 0.3 is 5.97 Å². The zero-order valence-corrected chi connectivity index (χ0v) is 12.5. The predicted molar refractivity (Wildman–Crippen MR) is 79.7 cm³/mol. The van der Waals surface area contributed by atoms with Crippen LogP contribution in [0.25, 0.3) is 0 Å². The molecule has 0 saturated carbocycles. The van der Waals surface area contributed by atoms with Gasteiger partial charge in [-0.2, -0.15) is 0 Å². The zero-order valence-electron chi connectivity index (χ0n) is 10.1. The topological polar surface area (TPSA) is 79.5 Å². The normalized spacial score (nSPS) is 10.4. The van der Waals surface area contributed by atoms with Crippen LogP contribution in [0.4, 0.5) is 11.5 Å². The number of carboxylic acid groups (broad SMARTS) is 1. The Kier molecular flexibility index (Phi) is 4.06. The van der Waals surface area contributed by atoms with Crippen LogP contribution in [0.15, 0.2) is 27.5 Å². The Hall–Kier alpha value is -1.60. The minimum Gasteiger partial charge on any atom is -0.478 e. The van der Waals surface area contributed by atoms with Gasteiger partial charge in [-0.1, -0.05) is 0 Å². The molecule has 0 aliphatic rings. The van der Waals surface area contributed by atoms with E-state index in [4.69, 9.17) is 10.8 Å². The number of carboxylic acids is 1. The fourth-order valence-corrected chi connectivity index (χ4v) is 2.89. The molecular weight excluding hydrogens is 330 g/mol. The van der Waals surface area contributed by atoms with Gasteiger partial charge in [0.05, 0.1) is 15.0 Å². The molecular formula is C12H12BrN3O2S. The molecule has 0 unspecified atom stereocenters. The maximum Gasteiger partial charge on any atom is 0.337 e. The highest BCUT2D eigenvalue weighted by atomic mass is 79.9. The van der Waals surface area contributed by atoms with Gasteiger partial charge in [-0.25, -0.2) is 9.78 Å². The number of carbonyl (C=O) groups is 1. The Morgan fingerprint density at radius 2 is 2.32 bits per heavy atom. The fourth-order valence-electron chi connectivity index (χ4n) is 1.69. The van der Waals surface area contributed by atoms with E-state index in [1.54, 1.807) is 11.3 Å². The maximum absolute atomic E-state index is 10.8. The first-order valence-corrected chi connectivity index (χ1v) is 7.07. The van der Waals surface area contributed by atoms with Gasteiger partial charge in [-0.15, -0.1) is 11.3 Å². The molecule has 100 valence electrons. The van der Waals surface area contributed by atoms with Gasteiger partial charge < -0.3 is 15.7 Å². The number of anilines is 2. The molecule has 3 N–H and O–H groups in total. The van der Waals surface area contributed by atoms with Crippen molar-refractivity contribution >= 4 is 44.7 Å². The lowest BCUT2D eigenvalue weighted by Gasteiger charge is -2.19. The largest absolute Gasteiger partial charge is 0.478 e. The molecule has 2 aromatic rings. The standard InChI is InChI=1S/C12H12BrN3O2S/c1-16(5-7-2-10(13)19-6-7)11-9(14)3-8(4-15-11)12(17)18/h2-4,6H,5,14H2,1H3,(H,17,18). The molecule has 2 heterocycles. The van der Waals surface area contributed by atoms with Crippen molar-refractivity contribution in [3.63, 3.8) is 0 Å². The summed E-state index contributed by atoms with van der Waals surface area (Å²) in [5, 5.41) is 10.9. The molecule has 0 aliphatic heterocycles. The summed E-state index contributed by atoms with van der Waals surface area (Å²) in [5.41, 5.74) is 7.44. The molecule has 0 fully saturated rings. The quantitative estimate of drug-likeness (QED) is 0.893. The Morgan fingerprint density at radius 1 is 1.58 bits per heavy atom. The lowest BCUT2D eigenvalue weighted by Crippen LogP contribution is -2.19. The van der Waals surface area contributed by atoms with Gasteiger partial charge in [0.2, 0.25) is 0 Å². The Bertz CT molecular complexity index is 615. The van der Waals surface area contributed by atoms with Crippen molar-refractivity contribution in [1.82, 2.24) is 4.98 Å². The molecule has 0 bridgehead atoms. The Balaban J connectivity index is 2.19. The molecule has 7 heteroatoms. The molecule has 0 aliphatic carbocycles. The van der Waals surface area contributed by atoms with Crippen LogP contribution in [0.5, 0.6) is 0 Å². The third-order valence-electron chi connectivity index (χ3n) is 2.55. The van der Waals surface area contributed by atoms with Crippen molar-refractivity contribution in [2.75, 3.05) is 17.7 Å². The van der Waals surface area contributed by atoms with Crippen molar-refractivity contribution in [3.8, 4) is 0 Å². The van der Waals surface area contributed by atoms with E-state index in [0.717, 1.165) is 9.35 Å². The second-order valence-electron chi connectivity index (χ2n) is 4.06. The second kappa shape index (κ2) is 5.58. The average molecular weight is 342 g/mol. The van der Waals surface area contributed by atoms with Crippen LogP contribution in [0.3, 0.4) is 0 Å². The number of pyridine rings is 1. The number of nitrogen functional groups attached to an aromatic ring is 1. The summed E-state index contributed by atoms with van der Waals surface area (Å²) < 4.78 is 1.07. The Labute approximate surface area is 122 Å². The van der Waals surface area contributed by atoms with Gasteiger partial charge in [0.15, 0.2) is 5.82 Å². The number of thiophene rings is 1. The monoisotopic (exact) mass is 341 g/mol. The van der Waals surface area contributed by atoms with Crippen molar-refractivity contribution in [3.05, 3.63) is 38.6 Å². The fraction of sp³-hybridized carbons (Fsp3) is 0.167. The summed E-state index contributed by atoms with van der Waals surface area (Å²) in [5.74, 6) is -0.456. The molecule has 2 aromatic heterocycles. The third-order valence-corrected chi connectivity index (χ3v) is 4.10. The molecule has 0 amide bonds. The summed E-state index contributed by atoms with van der Waals surface area (Å²) in [4.78, 5) is 16.8. The van der Waals surface area contributed by atoms with Crippen LogP contribution in [-0.4, -0.2) is 23.1 Å². The number of halogens is 1. The van der Waals surface area contributed by atoms with Crippen molar-refractivity contribution in [2.45, 2.75) is 6.54 Å². The number of rotatable bonds is 4. The lowest BCUT2D eigenvalue weighted by molar-refractivity contribution is 0.0696. The van der Waals surface area contributed by atoms with Crippen LogP contribution in [-0.2, 0) is 6.54 Å². The van der Waals surface area contributed by atoms with E-state index in [2.05, 4.69) is 20.9 Å². The molecule has 5 nitrogen and oxygen atoms in total. The first kappa shape index (κ1) is 13.8. The summed E-state index contributed by atoms with van der Waals surface area (Å²) >= 11 is 5.03. The maximum atomic E-state index is 10.8. The van der Waals surface area contributed by atoms with Gasteiger partial charge in [0.25, 0.3) is 0 Å². The van der Waals surface area contributed by atoms with Gasteiger partial charge in [0.1, 0.15) is 0 Å². The second-order valence-corrected chi connectivity index (χ2v) is 6.35. The SMILES string of the molecule is CN(Cc1csc(Br)c1)c1ncc(C(=O)O)cc1N. The molecule has 2 rings (SSSR count). The van der Waals surface area contributed by atoms with Gasteiger partial charge in [-0.3, -0.25) is 0 Å². The van der Waals surface area contributed by atoms with Gasteiger partial charge in [-0.05, 0) is 39.0 Å². The van der Waals surface area contributed by atoms with Crippen LogP contribution < -0.4 is 10.6 Å². The molecule has 0 atom stereocenters. The first-order chi connectivity index (χ1) is 8.97. The number of hydrogen-bond donors (Lipinski definition) is 2. The third kappa shape index (κ3) is 3.24. The highest BCUT2D eigenvalue weighted by Crippen LogP contribution is 2.25. The highest BCUT2D eigenvalue weighted by Gasteiger charge is 2.12. The van der Waals surface area contributed by atoms with Crippen molar-refractivity contribution < 1.29 is 9.90 Å². The molecule has 19 heavy (non-hydrogen) atoms. The minimum atomic E-state index is -1.03. The number of aromatic nitrogens is 1. The van der Waals surface area contributed by atoms with E-state index in [1.165, 1.54) is 12.3 Å². The number of nitrogens with zero attached hydrogens (tertiary/aromatic N) is 2. The van der Waals surface area contributed by atoms with Crippen LogP contribution >= 0.6 is 27.3 Å². The predicted octanol–water partition coefficient (Wildman–Crippen LogP) is 2.82. The summed E-state index contributed by atoms with van der Waals surface area (Å²) in [6.07, 6.45) is 1.31. The lowest BCUT2D eigenvalue weighted by atomic mass is 10.2. The number of nitrogens with two attached hydrogens (primary N) is 1. The van der Waals surface area contributed by atoms with E-state index in [-0.39, 0.29) is 5.56 Å². The van der Waals surface area contributed by atoms with Crippen LogP contribution in [0.2, 0.25) is 0 Å².